The molecule has 1 N–H and O–H groups in total. The lowest BCUT2D eigenvalue weighted by Crippen LogP contribution is -3.00. The molecule has 1 aromatic carbocycles. The Balaban J connectivity index is 0.00000225. The quantitative estimate of drug-likeness (QED) is 0.786. The Morgan fingerprint density at radius 3 is 2.72 bits per heavy atom. The molecule has 4 nitrogen and oxygen atoms in total. The van der Waals surface area contributed by atoms with Crippen molar-refractivity contribution in [1.29, 1.82) is 0 Å². The van der Waals surface area contributed by atoms with Gasteiger partial charge < -0.3 is 27.2 Å². The van der Waals surface area contributed by atoms with Crippen molar-refractivity contribution in [3.8, 4) is 11.5 Å². The smallest absolute Gasteiger partial charge is 0.180 e. The van der Waals surface area contributed by atoms with Crippen molar-refractivity contribution in [2.45, 2.75) is 44.9 Å². The number of rotatable bonds is 7. The highest BCUT2D eigenvalue weighted by molar-refractivity contribution is 6.32. The van der Waals surface area contributed by atoms with Gasteiger partial charge in [0.2, 0.25) is 0 Å². The molecule has 1 aliphatic carbocycles. The van der Waals surface area contributed by atoms with Crippen molar-refractivity contribution >= 4 is 11.6 Å². The summed E-state index contributed by atoms with van der Waals surface area (Å²) < 4.78 is 11.3. The third kappa shape index (κ3) is 5.50. The number of nitrogens with zero attached hydrogens (tertiary/aromatic N) is 1. The summed E-state index contributed by atoms with van der Waals surface area (Å²) in [4.78, 5) is 4.09. The fourth-order valence-electron chi connectivity index (χ4n) is 3.05. The molecule has 2 aromatic rings. The molecule has 6 heteroatoms. The van der Waals surface area contributed by atoms with E-state index < -0.39 is 0 Å². The van der Waals surface area contributed by atoms with Gasteiger partial charge in [-0.15, -0.1) is 0 Å². The molecule has 0 radical (unpaired) electrons. The molecule has 0 aliphatic heterocycles. The topological polar surface area (TPSA) is 43.4 Å². The zero-order valence-corrected chi connectivity index (χ0v) is 15.8. The second kappa shape index (κ2) is 9.85. The van der Waals surface area contributed by atoms with E-state index in [4.69, 9.17) is 21.1 Å². The van der Waals surface area contributed by atoms with Crippen molar-refractivity contribution in [3.05, 3.63) is 52.8 Å². The van der Waals surface area contributed by atoms with Gasteiger partial charge in [0.1, 0.15) is 6.61 Å². The minimum Gasteiger partial charge on any atom is -1.00 e. The number of hydrogen-bond donors (Lipinski definition) is 1. The minimum absolute atomic E-state index is 0. The molecule has 1 aliphatic rings. The number of aromatic nitrogens is 1. The fraction of sp³-hybridized carbons (Fsp3) is 0.421. The average molecular weight is 382 g/mol. The predicted octanol–water partition coefficient (Wildman–Crippen LogP) is 1.36. The van der Waals surface area contributed by atoms with Crippen LogP contribution in [0.1, 0.15) is 36.8 Å². The summed E-state index contributed by atoms with van der Waals surface area (Å²) in [6, 6.07) is 8.41. The molecule has 136 valence electrons. The lowest BCUT2D eigenvalue weighted by Gasteiger charge is -2.16. The van der Waals surface area contributed by atoms with Crippen LogP contribution in [0.3, 0.4) is 0 Å². The molecular formula is C19H23Cl2N2O2-. The van der Waals surface area contributed by atoms with Crippen molar-refractivity contribution < 1.29 is 21.9 Å². The molecule has 1 aromatic heterocycles. The van der Waals surface area contributed by atoms with E-state index in [2.05, 4.69) is 10.3 Å². The third-order valence-electron chi connectivity index (χ3n) is 4.35. The summed E-state index contributed by atoms with van der Waals surface area (Å²) in [5.74, 6) is 1.24. The zero-order valence-electron chi connectivity index (χ0n) is 14.3. The molecule has 3 rings (SSSR count). The summed E-state index contributed by atoms with van der Waals surface area (Å²) in [5.41, 5.74) is 2.10. The van der Waals surface area contributed by atoms with Gasteiger partial charge in [-0.25, -0.2) is 0 Å². The van der Waals surface area contributed by atoms with Crippen molar-refractivity contribution in [1.82, 2.24) is 10.3 Å². The van der Waals surface area contributed by atoms with Gasteiger partial charge in [-0.2, -0.15) is 0 Å². The van der Waals surface area contributed by atoms with Crippen LogP contribution in [0.2, 0.25) is 5.02 Å². The molecule has 0 spiro atoms. The van der Waals surface area contributed by atoms with Crippen molar-refractivity contribution in [2.75, 3.05) is 7.11 Å². The van der Waals surface area contributed by atoms with Crippen LogP contribution in [0, 0.1) is 0 Å². The zero-order chi connectivity index (χ0) is 16.8. The standard InChI is InChI=1S/C19H23ClN2O2.ClH/c1-23-18-10-15(12-22-16-6-2-3-7-16)9-17(20)19(18)24-13-14-5-4-8-21-11-14;/h4-5,8-11,16,22H,2-3,6-7,12-13H2,1H3;1H/p-1. The Hall–Kier alpha value is -1.49. The Bertz CT molecular complexity index is 662. The first-order chi connectivity index (χ1) is 11.8. The van der Waals surface area contributed by atoms with Gasteiger partial charge in [-0.05, 0) is 36.6 Å². The molecule has 1 heterocycles. The van der Waals surface area contributed by atoms with E-state index in [0.717, 1.165) is 17.7 Å². The highest BCUT2D eigenvalue weighted by atomic mass is 35.5. The molecule has 0 amide bonds. The van der Waals surface area contributed by atoms with E-state index in [1.54, 1.807) is 19.5 Å². The first-order valence-corrected chi connectivity index (χ1v) is 8.75. The molecule has 1 fully saturated rings. The second-order valence-electron chi connectivity index (χ2n) is 6.12. The normalized spacial score (nSPS) is 14.2. The van der Waals surface area contributed by atoms with Crippen LogP contribution in [-0.4, -0.2) is 18.1 Å². The molecule has 0 unspecified atom stereocenters. The number of hydrogen-bond acceptors (Lipinski definition) is 4. The molecule has 0 atom stereocenters. The third-order valence-corrected chi connectivity index (χ3v) is 4.63. The van der Waals surface area contributed by atoms with Crippen LogP contribution in [0.5, 0.6) is 11.5 Å². The van der Waals surface area contributed by atoms with Gasteiger partial charge in [0, 0.05) is 30.5 Å². The second-order valence-corrected chi connectivity index (χ2v) is 6.53. The maximum atomic E-state index is 6.43. The number of pyridine rings is 1. The monoisotopic (exact) mass is 381 g/mol. The van der Waals surface area contributed by atoms with E-state index in [9.17, 15) is 0 Å². The number of nitrogens with one attached hydrogen (secondary N) is 1. The van der Waals surface area contributed by atoms with Crippen LogP contribution in [0.4, 0.5) is 0 Å². The number of methoxy groups -OCH3 is 1. The Morgan fingerprint density at radius 2 is 2.04 bits per heavy atom. The SMILES string of the molecule is COc1cc(CNC2CCCC2)cc(Cl)c1OCc1cccnc1.[Cl-]. The summed E-state index contributed by atoms with van der Waals surface area (Å²) in [6.07, 6.45) is 8.68. The first-order valence-electron chi connectivity index (χ1n) is 8.38. The predicted molar refractivity (Wildman–Crippen MR) is 95.7 cm³/mol. The number of benzene rings is 1. The number of ether oxygens (including phenoxy) is 2. The summed E-state index contributed by atoms with van der Waals surface area (Å²) in [7, 11) is 1.64. The lowest BCUT2D eigenvalue weighted by molar-refractivity contribution is -0.00000549. The van der Waals surface area contributed by atoms with E-state index in [1.807, 2.05) is 24.3 Å². The largest absolute Gasteiger partial charge is 1.00 e. The first kappa shape index (κ1) is 19.8. The van der Waals surface area contributed by atoms with Gasteiger partial charge >= 0.3 is 0 Å². The van der Waals surface area contributed by atoms with E-state index in [0.29, 0.717) is 29.2 Å². The van der Waals surface area contributed by atoms with Crippen molar-refractivity contribution in [2.24, 2.45) is 0 Å². The average Bonchev–Trinajstić information content (AvgIpc) is 3.13. The van der Waals surface area contributed by atoms with Gasteiger partial charge in [0.05, 0.1) is 12.1 Å². The van der Waals surface area contributed by atoms with Gasteiger partial charge in [-0.3, -0.25) is 4.98 Å². The molecule has 1 saturated carbocycles. The van der Waals surface area contributed by atoms with Crippen LogP contribution in [-0.2, 0) is 13.2 Å². The van der Waals surface area contributed by atoms with Gasteiger partial charge in [0.25, 0.3) is 0 Å². The van der Waals surface area contributed by atoms with Crippen LogP contribution < -0.4 is 27.2 Å². The fourth-order valence-corrected chi connectivity index (χ4v) is 3.33. The van der Waals surface area contributed by atoms with E-state index in [-0.39, 0.29) is 12.4 Å². The van der Waals surface area contributed by atoms with Crippen LogP contribution in [0.15, 0.2) is 36.7 Å². The van der Waals surface area contributed by atoms with Crippen LogP contribution in [0.25, 0.3) is 0 Å². The maximum Gasteiger partial charge on any atom is 0.180 e. The van der Waals surface area contributed by atoms with E-state index in [1.165, 1.54) is 25.7 Å². The maximum absolute atomic E-state index is 6.43. The Morgan fingerprint density at radius 1 is 1.24 bits per heavy atom. The van der Waals surface area contributed by atoms with E-state index >= 15 is 0 Å². The highest BCUT2D eigenvalue weighted by Crippen LogP contribution is 2.37. The minimum atomic E-state index is 0. The Kier molecular flexibility index (Phi) is 7.82. The summed E-state index contributed by atoms with van der Waals surface area (Å²) in [5, 5.41) is 4.16. The van der Waals surface area contributed by atoms with Gasteiger partial charge in [0.15, 0.2) is 11.5 Å². The van der Waals surface area contributed by atoms with Crippen molar-refractivity contribution in [3.63, 3.8) is 0 Å². The summed E-state index contributed by atoms with van der Waals surface area (Å²) in [6.45, 7) is 1.20. The van der Waals surface area contributed by atoms with Gasteiger partial charge in [-0.1, -0.05) is 30.5 Å². The molecule has 0 saturated heterocycles. The Labute approximate surface area is 160 Å². The lowest BCUT2D eigenvalue weighted by atomic mass is 10.1. The summed E-state index contributed by atoms with van der Waals surface area (Å²) >= 11 is 6.43. The number of halogens is 2. The molecular weight excluding hydrogens is 359 g/mol. The van der Waals surface area contributed by atoms with Crippen LogP contribution >= 0.6 is 11.6 Å². The molecule has 0 bridgehead atoms. The highest BCUT2D eigenvalue weighted by Gasteiger charge is 2.16. The molecule has 25 heavy (non-hydrogen) atoms.